The number of benzene rings is 4. The van der Waals surface area contributed by atoms with Crippen molar-refractivity contribution in [3.05, 3.63) is 116 Å². The Labute approximate surface area is 262 Å². The maximum Gasteiger partial charge on any atom is 0.282 e. The Morgan fingerprint density at radius 3 is 2.70 bits per heavy atom. The smallest absolute Gasteiger partial charge is 0.282 e. The Balaban J connectivity index is 1.39. The highest BCUT2D eigenvalue weighted by atomic mass is 79.9. The molecule has 0 saturated heterocycles. The molecule has 220 valence electrons. The summed E-state index contributed by atoms with van der Waals surface area (Å²) < 4.78 is 32.6. The van der Waals surface area contributed by atoms with Gasteiger partial charge in [-0.1, -0.05) is 39.7 Å². The molecule has 9 nitrogen and oxygen atoms in total. The number of nitrogens with one attached hydrogen (secondary N) is 1. The van der Waals surface area contributed by atoms with Gasteiger partial charge in [-0.05, 0) is 66.7 Å². The van der Waals surface area contributed by atoms with E-state index >= 15 is 0 Å². The summed E-state index contributed by atoms with van der Waals surface area (Å²) in [4.78, 5) is 31.0. The number of carbonyl (C=O) groups excluding carboxylic acids is 1. The van der Waals surface area contributed by atoms with Crippen LogP contribution in [-0.4, -0.2) is 35.5 Å². The number of aromatic nitrogens is 2. The Hall–Kier alpha value is -5.00. The second-order valence-corrected chi connectivity index (χ2v) is 10.8. The summed E-state index contributed by atoms with van der Waals surface area (Å²) >= 11 is 9.82. The van der Waals surface area contributed by atoms with E-state index in [0.29, 0.717) is 38.5 Å². The number of rotatable bonds is 8. The number of amides is 1. The molecule has 0 saturated carbocycles. The lowest BCUT2D eigenvalue weighted by Crippen LogP contribution is -2.21. The van der Waals surface area contributed by atoms with E-state index in [9.17, 15) is 14.0 Å². The number of methoxy groups -OCH3 is 1. The second-order valence-electron chi connectivity index (χ2n) is 9.48. The van der Waals surface area contributed by atoms with E-state index in [1.807, 2.05) is 18.2 Å². The number of halogens is 3. The van der Waals surface area contributed by atoms with E-state index in [0.717, 1.165) is 14.5 Å². The summed E-state index contributed by atoms with van der Waals surface area (Å²) in [6, 6.07) is 22.7. The molecule has 1 N–H and O–H groups in total. The van der Waals surface area contributed by atoms with Gasteiger partial charge in [0.25, 0.3) is 11.5 Å². The SMILES string of the molecule is COc1cc(Cl)cc(C=Nn2c(-c3cc4cc(Br)ccc4o3)nc3ccccc3c2=O)c1OCC(=O)Nc1ccc(F)cc1. The van der Waals surface area contributed by atoms with E-state index in [-0.39, 0.29) is 17.3 Å². The second kappa shape index (κ2) is 12.3. The van der Waals surface area contributed by atoms with Gasteiger partial charge in [-0.2, -0.15) is 9.78 Å². The molecular weight excluding hydrogens is 655 g/mol. The van der Waals surface area contributed by atoms with Gasteiger partial charge >= 0.3 is 0 Å². The lowest BCUT2D eigenvalue weighted by atomic mass is 10.2. The zero-order valence-corrected chi connectivity index (χ0v) is 25.2. The van der Waals surface area contributed by atoms with Crippen LogP contribution in [0.1, 0.15) is 5.56 Å². The average Bonchev–Trinajstić information content (AvgIpc) is 3.44. The summed E-state index contributed by atoms with van der Waals surface area (Å²) in [7, 11) is 1.42. The van der Waals surface area contributed by atoms with E-state index in [1.165, 1.54) is 43.7 Å². The highest BCUT2D eigenvalue weighted by Crippen LogP contribution is 2.34. The first kappa shape index (κ1) is 29.1. The van der Waals surface area contributed by atoms with E-state index < -0.39 is 23.9 Å². The molecule has 6 rings (SSSR count). The molecule has 0 radical (unpaired) electrons. The molecule has 0 aliphatic carbocycles. The van der Waals surface area contributed by atoms with E-state index in [4.69, 9.17) is 30.5 Å². The van der Waals surface area contributed by atoms with Crippen LogP contribution in [0.4, 0.5) is 10.1 Å². The van der Waals surface area contributed by atoms with Crippen LogP contribution in [0.25, 0.3) is 33.5 Å². The van der Waals surface area contributed by atoms with Crippen LogP contribution in [0.5, 0.6) is 11.5 Å². The molecule has 44 heavy (non-hydrogen) atoms. The van der Waals surface area contributed by atoms with Crippen LogP contribution in [0.3, 0.4) is 0 Å². The van der Waals surface area contributed by atoms with Crippen molar-refractivity contribution in [2.24, 2.45) is 5.10 Å². The molecule has 0 bridgehead atoms. The fourth-order valence-electron chi connectivity index (χ4n) is 4.49. The Morgan fingerprint density at radius 2 is 1.91 bits per heavy atom. The van der Waals surface area contributed by atoms with Gasteiger partial charge in [0.1, 0.15) is 11.4 Å². The largest absolute Gasteiger partial charge is 0.493 e. The number of fused-ring (bicyclic) bond motifs is 2. The molecule has 0 aliphatic rings. The Bertz CT molecular complexity index is 2130. The van der Waals surface area contributed by atoms with Crippen LogP contribution in [-0.2, 0) is 4.79 Å². The van der Waals surface area contributed by atoms with Crippen LogP contribution in [0, 0.1) is 5.82 Å². The molecule has 0 spiro atoms. The van der Waals surface area contributed by atoms with Crippen molar-refractivity contribution in [2.75, 3.05) is 19.0 Å². The van der Waals surface area contributed by atoms with E-state index in [2.05, 4.69) is 26.3 Å². The number of ether oxygens (including phenoxy) is 2. The summed E-state index contributed by atoms with van der Waals surface area (Å²) in [5.74, 6) is -0.0211. The fraction of sp³-hybridized carbons (Fsp3) is 0.0625. The molecule has 2 aromatic heterocycles. The van der Waals surface area contributed by atoms with Crippen LogP contribution in [0.15, 0.2) is 104 Å². The molecule has 0 aliphatic heterocycles. The number of hydrogen-bond donors (Lipinski definition) is 1. The molecule has 12 heteroatoms. The van der Waals surface area contributed by atoms with Crippen molar-refractivity contribution in [3.63, 3.8) is 0 Å². The summed E-state index contributed by atoms with van der Waals surface area (Å²) in [6.07, 6.45) is 1.36. The minimum Gasteiger partial charge on any atom is -0.493 e. The lowest BCUT2D eigenvalue weighted by molar-refractivity contribution is -0.118. The molecule has 4 aromatic carbocycles. The van der Waals surface area contributed by atoms with Crippen molar-refractivity contribution in [2.45, 2.75) is 0 Å². The monoisotopic (exact) mass is 674 g/mol. The third-order valence-corrected chi connectivity index (χ3v) is 7.22. The Kier molecular flexibility index (Phi) is 8.14. The average molecular weight is 676 g/mol. The van der Waals surface area contributed by atoms with Crippen LogP contribution in [0.2, 0.25) is 5.02 Å². The van der Waals surface area contributed by atoms with Gasteiger partial charge in [-0.3, -0.25) is 9.59 Å². The third kappa shape index (κ3) is 6.05. The first-order valence-corrected chi connectivity index (χ1v) is 14.3. The Morgan fingerprint density at radius 1 is 1.11 bits per heavy atom. The lowest BCUT2D eigenvalue weighted by Gasteiger charge is -2.14. The normalized spacial score (nSPS) is 11.4. The maximum absolute atomic E-state index is 13.7. The predicted octanol–water partition coefficient (Wildman–Crippen LogP) is 7.27. The number of hydrogen-bond acceptors (Lipinski definition) is 7. The van der Waals surface area contributed by atoms with Crippen molar-refractivity contribution in [3.8, 4) is 23.1 Å². The molecule has 1 amide bonds. The van der Waals surface area contributed by atoms with Crippen molar-refractivity contribution >= 4 is 67.2 Å². The molecule has 6 aromatic rings. The van der Waals surface area contributed by atoms with Gasteiger partial charge in [0, 0.05) is 32.2 Å². The van der Waals surface area contributed by atoms with E-state index in [1.54, 1.807) is 36.4 Å². The topological polar surface area (TPSA) is 108 Å². The fourth-order valence-corrected chi connectivity index (χ4v) is 5.09. The standard InChI is InChI=1S/C32H21BrClFN4O5/c1-42-27-15-21(34)13-19(30(27)43-17-29(40)37-23-9-7-22(35)8-10-23)16-36-39-31(38-25-5-3-2-4-24(25)32(39)41)28-14-18-12-20(33)6-11-26(18)44-28/h2-16H,17H2,1H3,(H,37,40). The van der Waals surface area contributed by atoms with Gasteiger partial charge in [-0.25, -0.2) is 9.37 Å². The van der Waals surface area contributed by atoms with Gasteiger partial charge in [-0.15, -0.1) is 0 Å². The molecule has 0 atom stereocenters. The van der Waals surface area contributed by atoms with Gasteiger partial charge in [0.05, 0.1) is 24.2 Å². The number of furan rings is 1. The minimum absolute atomic E-state index is 0.159. The zero-order chi connectivity index (χ0) is 30.8. The van der Waals surface area contributed by atoms with Gasteiger partial charge in [0.15, 0.2) is 23.9 Å². The number of carbonyl (C=O) groups is 1. The highest BCUT2D eigenvalue weighted by molar-refractivity contribution is 9.10. The first-order chi connectivity index (χ1) is 21.3. The maximum atomic E-state index is 13.7. The predicted molar refractivity (Wildman–Crippen MR) is 170 cm³/mol. The van der Waals surface area contributed by atoms with Gasteiger partial charge in [0.2, 0.25) is 5.82 Å². The summed E-state index contributed by atoms with van der Waals surface area (Å²) in [6.45, 7) is -0.409. The summed E-state index contributed by atoms with van der Waals surface area (Å²) in [5.41, 5.74) is 1.37. The third-order valence-electron chi connectivity index (χ3n) is 6.51. The molecule has 0 unspecified atom stereocenters. The summed E-state index contributed by atoms with van der Waals surface area (Å²) in [5, 5.41) is 8.58. The van der Waals surface area contributed by atoms with Crippen molar-refractivity contribution in [1.82, 2.24) is 9.66 Å². The first-order valence-electron chi connectivity index (χ1n) is 13.1. The molecule has 2 heterocycles. The quantitative estimate of drug-likeness (QED) is 0.170. The number of para-hydroxylation sites is 1. The molecule has 0 fully saturated rings. The van der Waals surface area contributed by atoms with Crippen molar-refractivity contribution in [1.29, 1.82) is 0 Å². The van der Waals surface area contributed by atoms with Gasteiger partial charge < -0.3 is 19.2 Å². The van der Waals surface area contributed by atoms with Crippen LogP contribution >= 0.6 is 27.5 Å². The zero-order valence-electron chi connectivity index (χ0n) is 22.9. The molecular formula is C32H21BrClFN4O5. The number of nitrogens with zero attached hydrogens (tertiary/aromatic N) is 3. The van der Waals surface area contributed by atoms with Crippen molar-refractivity contribution < 1.29 is 23.1 Å². The number of anilines is 1. The highest BCUT2D eigenvalue weighted by Gasteiger charge is 2.18. The van der Waals surface area contributed by atoms with Crippen LogP contribution < -0.4 is 20.3 Å². The minimum atomic E-state index is -0.495.